The molecule has 0 bridgehead atoms. The van der Waals surface area contributed by atoms with Crippen molar-refractivity contribution in [1.82, 2.24) is 15.1 Å². The number of imide groups is 1. The fourth-order valence-corrected chi connectivity index (χ4v) is 4.60. The van der Waals surface area contributed by atoms with Gasteiger partial charge in [-0.3, -0.25) is 9.69 Å². The minimum atomic E-state index is -1.79. The molecule has 1 aliphatic rings. The second kappa shape index (κ2) is 14.3. The van der Waals surface area contributed by atoms with Crippen molar-refractivity contribution < 1.29 is 34.1 Å². The van der Waals surface area contributed by atoms with Crippen LogP contribution < -0.4 is 5.32 Å². The summed E-state index contributed by atoms with van der Waals surface area (Å²) in [5, 5.41) is 23.2. The topological polar surface area (TPSA) is 129 Å². The first-order valence-electron chi connectivity index (χ1n) is 13.7. The Morgan fingerprint density at radius 3 is 2.31 bits per heavy atom. The van der Waals surface area contributed by atoms with Crippen molar-refractivity contribution in [1.29, 1.82) is 0 Å². The van der Waals surface area contributed by atoms with Crippen molar-refractivity contribution in [3.8, 4) is 0 Å². The largest absolute Gasteiger partial charge is 0.480 e. The number of carbonyl (C=O) groups is 3. The number of carbonyl (C=O) groups excluding carboxylic acids is 2. The molecule has 10 heteroatoms. The van der Waals surface area contributed by atoms with Crippen LogP contribution in [-0.4, -0.2) is 75.0 Å². The number of hydrogen-bond acceptors (Lipinski definition) is 7. The first-order valence-corrected chi connectivity index (χ1v) is 13.7. The average molecular weight is 548 g/mol. The fraction of sp³-hybridized carbons (Fsp3) is 0.621. The Hall–Kier alpha value is -3.11. The van der Waals surface area contributed by atoms with Crippen LogP contribution in [0.1, 0.15) is 84.8 Å². The van der Waals surface area contributed by atoms with Crippen molar-refractivity contribution in [3.63, 3.8) is 0 Å². The molecule has 218 valence electrons. The molecule has 1 saturated carbocycles. The van der Waals surface area contributed by atoms with E-state index in [-0.39, 0.29) is 19.1 Å². The molecule has 0 spiro atoms. The number of nitrogens with one attached hydrogen (secondary N) is 1. The first-order chi connectivity index (χ1) is 18.4. The Bertz CT molecular complexity index is 970. The van der Waals surface area contributed by atoms with Gasteiger partial charge in [-0.2, -0.15) is 0 Å². The van der Waals surface area contributed by atoms with Crippen molar-refractivity contribution in [2.75, 3.05) is 13.6 Å². The summed E-state index contributed by atoms with van der Waals surface area (Å²) in [4.78, 5) is 41.5. The Labute approximate surface area is 231 Å². The molecular weight excluding hydrogens is 502 g/mol. The maximum atomic E-state index is 14.1. The third-order valence-electron chi connectivity index (χ3n) is 7.14. The zero-order valence-corrected chi connectivity index (χ0v) is 24.1. The summed E-state index contributed by atoms with van der Waals surface area (Å²) in [6, 6.07) is 8.70. The van der Waals surface area contributed by atoms with Gasteiger partial charge in [0, 0.05) is 26.1 Å². The summed E-state index contributed by atoms with van der Waals surface area (Å²) in [5.41, 5.74) is -1.69. The lowest BCUT2D eigenvalue weighted by atomic mass is 9.85. The van der Waals surface area contributed by atoms with Gasteiger partial charge >= 0.3 is 12.0 Å². The molecule has 1 aliphatic carbocycles. The van der Waals surface area contributed by atoms with E-state index in [1.165, 1.54) is 25.0 Å². The van der Waals surface area contributed by atoms with E-state index < -0.39 is 41.4 Å². The van der Waals surface area contributed by atoms with Crippen LogP contribution in [0.4, 0.5) is 4.79 Å². The highest BCUT2D eigenvalue weighted by atomic mass is 16.5. The fourth-order valence-electron chi connectivity index (χ4n) is 4.60. The van der Waals surface area contributed by atoms with Crippen molar-refractivity contribution in [2.24, 2.45) is 0 Å². The molecule has 0 heterocycles. The second-order valence-corrected chi connectivity index (χ2v) is 10.7. The third-order valence-corrected chi connectivity index (χ3v) is 7.14. The maximum absolute atomic E-state index is 14.1. The first kappa shape index (κ1) is 32.1. The van der Waals surface area contributed by atoms with E-state index in [1.807, 2.05) is 44.2 Å². The SMILES string of the molecule is CCC(=O)N(C(=O)N(CC(OC1CCC(C)(O)CC1)c1ccccc1)C(CC)O/C=C\NC)C(C)(C)C(=O)O. The quantitative estimate of drug-likeness (QED) is 0.245. The number of benzene rings is 1. The number of amides is 3. The van der Waals surface area contributed by atoms with Crippen LogP contribution in [0.3, 0.4) is 0 Å². The van der Waals surface area contributed by atoms with Crippen molar-refractivity contribution >= 4 is 17.9 Å². The van der Waals surface area contributed by atoms with Crippen molar-refractivity contribution in [2.45, 2.75) is 103 Å². The highest BCUT2D eigenvalue weighted by Crippen LogP contribution is 2.33. The second-order valence-electron chi connectivity index (χ2n) is 10.7. The molecule has 3 amide bonds. The summed E-state index contributed by atoms with van der Waals surface area (Å²) in [6.07, 6.45) is 4.31. The number of aliphatic hydroxyl groups is 1. The van der Waals surface area contributed by atoms with Gasteiger partial charge in [-0.1, -0.05) is 44.2 Å². The third kappa shape index (κ3) is 8.69. The molecule has 3 N–H and O–H groups in total. The Morgan fingerprint density at radius 2 is 1.79 bits per heavy atom. The lowest BCUT2D eigenvalue weighted by Gasteiger charge is -2.41. The Balaban J connectivity index is 2.52. The minimum Gasteiger partial charge on any atom is -0.480 e. The van der Waals surface area contributed by atoms with Gasteiger partial charge in [-0.15, -0.1) is 0 Å². The van der Waals surface area contributed by atoms with Gasteiger partial charge in [0.2, 0.25) is 5.91 Å². The van der Waals surface area contributed by atoms with E-state index in [0.29, 0.717) is 32.1 Å². The van der Waals surface area contributed by atoms with E-state index in [1.54, 1.807) is 20.2 Å². The molecule has 2 rings (SSSR count). The van der Waals surface area contributed by atoms with Crippen LogP contribution in [-0.2, 0) is 19.1 Å². The molecule has 2 atom stereocenters. The van der Waals surface area contributed by atoms with Crippen molar-refractivity contribution in [3.05, 3.63) is 48.4 Å². The van der Waals surface area contributed by atoms with Crippen LogP contribution in [0, 0.1) is 0 Å². The van der Waals surface area contributed by atoms with Crippen LogP contribution in [0.2, 0.25) is 0 Å². The van der Waals surface area contributed by atoms with E-state index >= 15 is 0 Å². The Morgan fingerprint density at radius 1 is 1.18 bits per heavy atom. The van der Waals surface area contributed by atoms with Gasteiger partial charge in [0.1, 0.15) is 17.9 Å². The van der Waals surface area contributed by atoms with Crippen LogP contribution >= 0.6 is 0 Å². The van der Waals surface area contributed by atoms with E-state index in [0.717, 1.165) is 10.5 Å². The smallest absolute Gasteiger partial charge is 0.330 e. The summed E-state index contributed by atoms with van der Waals surface area (Å²) in [6.45, 7) is 7.94. The van der Waals surface area contributed by atoms with Crippen LogP contribution in [0.5, 0.6) is 0 Å². The minimum absolute atomic E-state index is 0.0187. The molecule has 39 heavy (non-hydrogen) atoms. The molecular formula is C29H45N3O7. The summed E-state index contributed by atoms with van der Waals surface area (Å²) < 4.78 is 12.5. The molecule has 1 fully saturated rings. The Kier molecular flexibility index (Phi) is 11.8. The lowest BCUT2D eigenvalue weighted by Crippen LogP contribution is -2.61. The molecule has 1 aromatic carbocycles. The number of carboxylic acid groups (broad SMARTS) is 1. The van der Waals surface area contributed by atoms with Gasteiger partial charge in [0.25, 0.3) is 0 Å². The standard InChI is InChI=1S/C29H45N3O7/c1-7-24(33)32(28(3,4)26(34)35)27(36)31(25(8-2)38-19-18-30-6)20-23(21-12-10-9-11-13-21)39-22-14-16-29(5,37)17-15-22/h9-13,18-19,22-23,25,30,37H,7-8,14-17,20H2,1-6H3,(H,34,35)/b19-18-. The monoisotopic (exact) mass is 547 g/mol. The van der Waals surface area contributed by atoms with Gasteiger partial charge in [0.15, 0.2) is 6.23 Å². The molecule has 0 aliphatic heterocycles. The number of aliphatic carboxylic acids is 1. The molecule has 0 saturated heterocycles. The van der Waals surface area contributed by atoms with Gasteiger partial charge < -0.3 is 25.0 Å². The summed E-state index contributed by atoms with van der Waals surface area (Å²) in [5.74, 6) is -1.91. The number of rotatable bonds is 13. The highest BCUT2D eigenvalue weighted by Gasteiger charge is 2.45. The number of urea groups is 1. The number of nitrogens with zero attached hydrogens (tertiary/aromatic N) is 2. The normalized spacial score (nSPS) is 21.2. The van der Waals surface area contributed by atoms with Gasteiger partial charge in [0.05, 0.1) is 18.2 Å². The average Bonchev–Trinajstić information content (AvgIpc) is 2.90. The number of carboxylic acids is 1. The maximum Gasteiger partial charge on any atom is 0.330 e. The lowest BCUT2D eigenvalue weighted by molar-refractivity contribution is -0.155. The zero-order valence-electron chi connectivity index (χ0n) is 24.1. The summed E-state index contributed by atoms with van der Waals surface area (Å²) in [7, 11) is 1.71. The van der Waals surface area contributed by atoms with Gasteiger partial charge in [-0.25, -0.2) is 14.5 Å². The number of hydrogen-bond donors (Lipinski definition) is 3. The zero-order chi connectivity index (χ0) is 29.2. The molecule has 10 nitrogen and oxygen atoms in total. The van der Waals surface area contributed by atoms with Crippen LogP contribution in [0.15, 0.2) is 42.8 Å². The number of ether oxygens (including phenoxy) is 2. The molecule has 2 unspecified atom stereocenters. The van der Waals surface area contributed by atoms with E-state index in [2.05, 4.69) is 5.32 Å². The molecule has 0 radical (unpaired) electrons. The van der Waals surface area contributed by atoms with Crippen LogP contribution in [0.25, 0.3) is 0 Å². The molecule has 1 aromatic rings. The van der Waals surface area contributed by atoms with E-state index in [9.17, 15) is 24.6 Å². The van der Waals surface area contributed by atoms with Gasteiger partial charge in [-0.05, 0) is 52.0 Å². The predicted molar refractivity (Wildman–Crippen MR) is 147 cm³/mol. The molecule has 0 aromatic heterocycles. The predicted octanol–water partition coefficient (Wildman–Crippen LogP) is 4.41. The highest BCUT2D eigenvalue weighted by molar-refractivity contribution is 6.00. The van der Waals surface area contributed by atoms with E-state index in [4.69, 9.17) is 9.47 Å². The summed E-state index contributed by atoms with van der Waals surface area (Å²) >= 11 is 0.